The van der Waals surface area contributed by atoms with Gasteiger partial charge in [-0.2, -0.15) is 4.31 Å². The summed E-state index contributed by atoms with van der Waals surface area (Å²) in [5, 5.41) is 0. The lowest BCUT2D eigenvalue weighted by molar-refractivity contribution is 0.474. The van der Waals surface area contributed by atoms with Gasteiger partial charge in [0, 0.05) is 13.1 Å². The van der Waals surface area contributed by atoms with Crippen LogP contribution in [0.25, 0.3) is 0 Å². The van der Waals surface area contributed by atoms with Gasteiger partial charge in [-0.3, -0.25) is 0 Å². The Morgan fingerprint density at radius 2 is 1.60 bits per heavy atom. The molecule has 0 amide bonds. The molecule has 0 aliphatic rings. The van der Waals surface area contributed by atoms with E-state index in [9.17, 15) is 8.42 Å². The second-order valence-corrected chi connectivity index (χ2v) is 7.08. The number of nitrogens with zero attached hydrogens (tertiary/aromatic N) is 1. The Morgan fingerprint density at radius 3 is 2.00 bits per heavy atom. The van der Waals surface area contributed by atoms with Crippen LogP contribution in [0.1, 0.15) is 19.4 Å². The first-order valence-corrected chi connectivity index (χ1v) is 8.16. The minimum absolute atomic E-state index is 0.280. The Kier molecular flexibility index (Phi) is 6.17. The molecule has 0 saturated carbocycles. The molecule has 0 radical (unpaired) electrons. The molecule has 0 aromatic heterocycles. The minimum Gasteiger partial charge on any atom is -0.207 e. The van der Waals surface area contributed by atoms with Gasteiger partial charge in [0.1, 0.15) is 0 Å². The second kappa shape index (κ2) is 7.41. The smallest absolute Gasteiger partial charge is 0.207 e. The molecule has 3 nitrogen and oxygen atoms in total. The van der Waals surface area contributed by atoms with Crippen molar-refractivity contribution in [3.05, 3.63) is 55.1 Å². The summed E-state index contributed by atoms with van der Waals surface area (Å²) >= 11 is 0. The van der Waals surface area contributed by atoms with Crippen LogP contribution in [-0.2, 0) is 16.4 Å². The summed E-state index contributed by atoms with van der Waals surface area (Å²) in [5.41, 5.74) is 1.15. The molecule has 0 atom stereocenters. The van der Waals surface area contributed by atoms with Crippen molar-refractivity contribution in [3.63, 3.8) is 0 Å². The molecule has 0 unspecified atom stereocenters. The monoisotopic (exact) mass is 293 g/mol. The van der Waals surface area contributed by atoms with Crippen LogP contribution in [0.5, 0.6) is 0 Å². The van der Waals surface area contributed by atoms with E-state index in [1.54, 1.807) is 24.3 Å². The lowest BCUT2D eigenvalue weighted by Gasteiger charge is -2.19. The standard InChI is InChI=1S/C16H23NO2S/c1-5-11-17(12-6-2)20(18,19)16-9-7-15(8-10-16)13-14(3)4/h5-10,14H,1-2,11-13H2,3-4H3. The molecular weight excluding hydrogens is 270 g/mol. The zero-order valence-corrected chi connectivity index (χ0v) is 13.1. The summed E-state index contributed by atoms with van der Waals surface area (Å²) in [6.45, 7) is 12.0. The van der Waals surface area contributed by atoms with Gasteiger partial charge in [-0.25, -0.2) is 8.42 Å². The molecule has 1 aromatic carbocycles. The lowest BCUT2D eigenvalue weighted by atomic mass is 10.0. The van der Waals surface area contributed by atoms with Gasteiger partial charge in [-0.1, -0.05) is 38.1 Å². The molecule has 110 valence electrons. The van der Waals surface area contributed by atoms with Gasteiger partial charge in [0.25, 0.3) is 0 Å². The maximum atomic E-state index is 12.5. The number of hydrogen-bond acceptors (Lipinski definition) is 2. The Hall–Kier alpha value is -1.39. The van der Waals surface area contributed by atoms with Crippen LogP contribution in [0.4, 0.5) is 0 Å². The van der Waals surface area contributed by atoms with Crippen LogP contribution in [-0.4, -0.2) is 25.8 Å². The SMILES string of the molecule is C=CCN(CC=C)S(=O)(=O)c1ccc(CC(C)C)cc1. The van der Waals surface area contributed by atoms with E-state index < -0.39 is 10.0 Å². The van der Waals surface area contributed by atoms with Crippen molar-refractivity contribution < 1.29 is 8.42 Å². The van der Waals surface area contributed by atoms with Gasteiger partial charge >= 0.3 is 0 Å². The molecule has 1 aromatic rings. The fourth-order valence-electron chi connectivity index (χ4n) is 1.98. The van der Waals surface area contributed by atoms with Crippen LogP contribution in [0, 0.1) is 5.92 Å². The molecule has 0 heterocycles. The van der Waals surface area contributed by atoms with Crippen molar-refractivity contribution in [3.8, 4) is 0 Å². The number of rotatable bonds is 8. The average Bonchev–Trinajstić information content (AvgIpc) is 2.38. The molecule has 0 fully saturated rings. The largest absolute Gasteiger partial charge is 0.243 e. The highest BCUT2D eigenvalue weighted by atomic mass is 32.2. The first-order valence-electron chi connectivity index (χ1n) is 6.72. The zero-order chi connectivity index (χ0) is 15.2. The Morgan fingerprint density at radius 1 is 1.10 bits per heavy atom. The third-order valence-corrected chi connectivity index (χ3v) is 4.72. The van der Waals surface area contributed by atoms with E-state index in [1.165, 1.54) is 4.31 Å². The van der Waals surface area contributed by atoms with E-state index in [0.717, 1.165) is 12.0 Å². The van der Waals surface area contributed by atoms with E-state index in [2.05, 4.69) is 27.0 Å². The van der Waals surface area contributed by atoms with Crippen molar-refractivity contribution in [2.75, 3.05) is 13.1 Å². The normalized spacial score (nSPS) is 11.8. The first kappa shape index (κ1) is 16.7. The van der Waals surface area contributed by atoms with Crippen molar-refractivity contribution in [1.82, 2.24) is 4.31 Å². The molecule has 0 bridgehead atoms. The van der Waals surface area contributed by atoms with Gasteiger partial charge in [-0.05, 0) is 30.0 Å². The first-order chi connectivity index (χ1) is 9.41. The van der Waals surface area contributed by atoms with Crippen molar-refractivity contribution in [2.24, 2.45) is 5.92 Å². The van der Waals surface area contributed by atoms with E-state index >= 15 is 0 Å². The van der Waals surface area contributed by atoms with Crippen LogP contribution in [0.15, 0.2) is 54.5 Å². The van der Waals surface area contributed by atoms with Gasteiger partial charge < -0.3 is 0 Å². The number of hydrogen-bond donors (Lipinski definition) is 0. The van der Waals surface area contributed by atoms with Crippen molar-refractivity contribution >= 4 is 10.0 Å². The third-order valence-electron chi connectivity index (χ3n) is 2.87. The fraction of sp³-hybridized carbons (Fsp3) is 0.375. The quantitative estimate of drug-likeness (QED) is 0.690. The summed E-state index contributed by atoms with van der Waals surface area (Å²) in [6, 6.07) is 7.11. The Labute approximate surface area is 122 Å². The van der Waals surface area contributed by atoms with E-state index in [0.29, 0.717) is 10.8 Å². The van der Waals surface area contributed by atoms with Gasteiger partial charge in [-0.15, -0.1) is 13.2 Å². The van der Waals surface area contributed by atoms with Gasteiger partial charge in [0.05, 0.1) is 4.90 Å². The predicted octanol–water partition coefficient (Wildman–Crippen LogP) is 3.25. The molecule has 1 rings (SSSR count). The highest BCUT2D eigenvalue weighted by Crippen LogP contribution is 2.18. The average molecular weight is 293 g/mol. The van der Waals surface area contributed by atoms with Crippen LogP contribution in [0.3, 0.4) is 0 Å². The summed E-state index contributed by atoms with van der Waals surface area (Å²) in [4.78, 5) is 0.314. The molecule has 0 N–H and O–H groups in total. The molecule has 0 aliphatic carbocycles. The second-order valence-electron chi connectivity index (χ2n) is 5.14. The number of sulfonamides is 1. The van der Waals surface area contributed by atoms with Crippen LogP contribution < -0.4 is 0 Å². The molecule has 0 saturated heterocycles. The fourth-order valence-corrected chi connectivity index (χ4v) is 3.36. The summed E-state index contributed by atoms with van der Waals surface area (Å²) in [6.07, 6.45) is 4.10. The summed E-state index contributed by atoms with van der Waals surface area (Å²) in [7, 11) is -3.48. The van der Waals surface area contributed by atoms with Gasteiger partial charge in [0.2, 0.25) is 10.0 Å². The Bertz CT molecular complexity index is 534. The molecule has 0 spiro atoms. The molecule has 0 aliphatic heterocycles. The minimum atomic E-state index is -3.48. The molecular formula is C16H23NO2S. The lowest BCUT2D eigenvalue weighted by Crippen LogP contribution is -2.31. The topological polar surface area (TPSA) is 37.4 Å². The van der Waals surface area contributed by atoms with E-state index in [4.69, 9.17) is 0 Å². The highest BCUT2D eigenvalue weighted by Gasteiger charge is 2.22. The van der Waals surface area contributed by atoms with Gasteiger partial charge in [0.15, 0.2) is 0 Å². The van der Waals surface area contributed by atoms with Crippen LogP contribution >= 0.6 is 0 Å². The zero-order valence-electron chi connectivity index (χ0n) is 12.2. The summed E-state index contributed by atoms with van der Waals surface area (Å²) < 4.78 is 26.3. The van der Waals surface area contributed by atoms with Crippen molar-refractivity contribution in [1.29, 1.82) is 0 Å². The predicted molar refractivity (Wildman–Crippen MR) is 84.1 cm³/mol. The van der Waals surface area contributed by atoms with E-state index in [1.807, 2.05) is 12.1 Å². The molecule has 20 heavy (non-hydrogen) atoms. The highest BCUT2D eigenvalue weighted by molar-refractivity contribution is 7.89. The maximum Gasteiger partial charge on any atom is 0.243 e. The summed E-state index contributed by atoms with van der Waals surface area (Å²) in [5.74, 6) is 0.551. The van der Waals surface area contributed by atoms with E-state index in [-0.39, 0.29) is 13.1 Å². The number of benzene rings is 1. The van der Waals surface area contributed by atoms with Crippen LogP contribution in [0.2, 0.25) is 0 Å². The third kappa shape index (κ3) is 4.32. The maximum absolute atomic E-state index is 12.5. The van der Waals surface area contributed by atoms with Crippen molar-refractivity contribution in [2.45, 2.75) is 25.2 Å². The Balaban J connectivity index is 3.01. The molecule has 4 heteroatoms.